The molecule has 170 valence electrons. The minimum Gasteiger partial charge on any atom is -0.331 e. The summed E-state index contributed by atoms with van der Waals surface area (Å²) < 4.78 is 0. The van der Waals surface area contributed by atoms with Crippen LogP contribution in [-0.4, -0.2) is 45.3 Å². The highest BCUT2D eigenvalue weighted by Crippen LogP contribution is 2.79. The molecule has 33 heavy (non-hydrogen) atoms. The molecule has 2 fully saturated rings. The molecule has 0 bridgehead atoms. The van der Waals surface area contributed by atoms with E-state index in [9.17, 15) is 14.4 Å². The molecule has 1 saturated carbocycles. The van der Waals surface area contributed by atoms with Gasteiger partial charge in [-0.15, -0.1) is 0 Å². The Hall–Kier alpha value is -2.99. The number of nitrogens with zero attached hydrogens (tertiary/aromatic N) is 3. The van der Waals surface area contributed by atoms with Gasteiger partial charge in [0, 0.05) is 24.0 Å². The number of ketones is 1. The predicted octanol–water partition coefficient (Wildman–Crippen LogP) is 4.04. The third-order valence-electron chi connectivity index (χ3n) is 7.28. The van der Waals surface area contributed by atoms with Crippen LogP contribution >= 0.6 is 11.6 Å². The van der Waals surface area contributed by atoms with Crippen LogP contribution in [0.15, 0.2) is 59.7 Å². The molecule has 0 aromatic heterocycles. The molecule has 7 heteroatoms. The molecule has 2 aliphatic heterocycles. The summed E-state index contributed by atoms with van der Waals surface area (Å²) in [6, 6.07) is 16.8. The monoisotopic (exact) mass is 463 g/mol. The van der Waals surface area contributed by atoms with Gasteiger partial charge in [0.25, 0.3) is 11.8 Å². The van der Waals surface area contributed by atoms with E-state index in [0.29, 0.717) is 17.3 Å². The second-order valence-electron chi connectivity index (χ2n) is 10.2. The van der Waals surface area contributed by atoms with Crippen molar-refractivity contribution in [3.63, 3.8) is 0 Å². The lowest BCUT2D eigenvalue weighted by molar-refractivity contribution is -0.143. The molecule has 3 atom stereocenters. The first-order valence-electron chi connectivity index (χ1n) is 11.1. The molecule has 5 rings (SSSR count). The van der Waals surface area contributed by atoms with Gasteiger partial charge in [0.1, 0.15) is 5.41 Å². The van der Waals surface area contributed by atoms with Crippen LogP contribution in [0.3, 0.4) is 0 Å². The van der Waals surface area contributed by atoms with Crippen molar-refractivity contribution in [2.75, 3.05) is 6.54 Å². The summed E-state index contributed by atoms with van der Waals surface area (Å²) in [5.41, 5.74) is -0.534. The summed E-state index contributed by atoms with van der Waals surface area (Å²) in [6.07, 6.45) is 0. The number of halogens is 1. The van der Waals surface area contributed by atoms with Crippen LogP contribution in [0.25, 0.3) is 0 Å². The van der Waals surface area contributed by atoms with Crippen molar-refractivity contribution in [3.05, 3.63) is 70.7 Å². The number of amides is 2. The Balaban J connectivity index is 1.62. The number of fused-ring (bicyclic) bond motifs is 1. The molecule has 2 unspecified atom stereocenters. The Morgan fingerprint density at radius 2 is 1.67 bits per heavy atom. The average Bonchev–Trinajstić information content (AvgIpc) is 3.19. The standard InChI is InChI=1S/C26H26ClN3O3/c1-16-26(23(33)30(28-16)24(2,3)4)20(18-10-12-19(27)13-11-18)25(26)15-29(22(32)21(25)31)14-17-8-6-5-7-9-17/h5-13,20H,14-15H2,1-4H3/t20-,25?,26?/m0/s1. The van der Waals surface area contributed by atoms with E-state index in [4.69, 9.17) is 11.6 Å². The maximum atomic E-state index is 14.0. The first-order chi connectivity index (χ1) is 15.5. The minimum atomic E-state index is -1.17. The molecule has 1 saturated heterocycles. The highest BCUT2D eigenvalue weighted by atomic mass is 35.5. The molecule has 0 radical (unpaired) electrons. The summed E-state index contributed by atoms with van der Waals surface area (Å²) in [4.78, 5) is 42.5. The van der Waals surface area contributed by atoms with Gasteiger partial charge in [-0.25, -0.2) is 5.01 Å². The topological polar surface area (TPSA) is 70.1 Å². The maximum Gasteiger partial charge on any atom is 0.291 e. The van der Waals surface area contributed by atoms with E-state index in [1.54, 1.807) is 24.0 Å². The van der Waals surface area contributed by atoms with E-state index in [1.807, 2.05) is 63.2 Å². The molecule has 2 aromatic carbocycles. The number of carbonyl (C=O) groups is 3. The van der Waals surface area contributed by atoms with Crippen LogP contribution < -0.4 is 0 Å². The maximum absolute atomic E-state index is 14.0. The van der Waals surface area contributed by atoms with Gasteiger partial charge in [-0.05, 0) is 51.0 Å². The molecule has 0 N–H and O–H groups in total. The third-order valence-corrected chi connectivity index (χ3v) is 7.53. The minimum absolute atomic E-state index is 0.184. The summed E-state index contributed by atoms with van der Waals surface area (Å²) in [5.74, 6) is -1.72. The fraction of sp³-hybridized carbons (Fsp3) is 0.385. The fourth-order valence-electron chi connectivity index (χ4n) is 5.86. The number of carbonyl (C=O) groups excluding carboxylic acids is 3. The molecular weight excluding hydrogens is 438 g/mol. The number of rotatable bonds is 3. The van der Waals surface area contributed by atoms with Crippen molar-refractivity contribution in [2.45, 2.75) is 45.7 Å². The summed E-state index contributed by atoms with van der Waals surface area (Å²) in [7, 11) is 0. The Bertz CT molecular complexity index is 1200. The zero-order valence-corrected chi connectivity index (χ0v) is 19.9. The molecule has 2 heterocycles. The second kappa shape index (κ2) is 7.00. The smallest absolute Gasteiger partial charge is 0.291 e. The van der Waals surface area contributed by atoms with Gasteiger partial charge in [-0.2, -0.15) is 5.10 Å². The van der Waals surface area contributed by atoms with Crippen molar-refractivity contribution in [3.8, 4) is 0 Å². The van der Waals surface area contributed by atoms with Gasteiger partial charge in [0.05, 0.1) is 16.7 Å². The second-order valence-corrected chi connectivity index (χ2v) is 10.6. The van der Waals surface area contributed by atoms with Crippen LogP contribution in [0.4, 0.5) is 0 Å². The number of hydrogen-bond acceptors (Lipinski definition) is 4. The first-order valence-corrected chi connectivity index (χ1v) is 11.5. The van der Waals surface area contributed by atoms with Crippen LogP contribution in [0.2, 0.25) is 5.02 Å². The van der Waals surface area contributed by atoms with Gasteiger partial charge < -0.3 is 4.90 Å². The third kappa shape index (κ3) is 2.80. The molecule has 6 nitrogen and oxygen atoms in total. The molecule has 2 spiro atoms. The van der Waals surface area contributed by atoms with Crippen molar-refractivity contribution in [1.29, 1.82) is 0 Å². The Labute approximate surface area is 198 Å². The highest BCUT2D eigenvalue weighted by Gasteiger charge is 2.90. The van der Waals surface area contributed by atoms with Crippen molar-refractivity contribution >= 4 is 34.9 Å². The van der Waals surface area contributed by atoms with Crippen molar-refractivity contribution < 1.29 is 14.4 Å². The number of hydrogen-bond donors (Lipinski definition) is 0. The van der Waals surface area contributed by atoms with Gasteiger partial charge in [0.15, 0.2) is 0 Å². The van der Waals surface area contributed by atoms with Crippen LogP contribution in [0.1, 0.15) is 44.7 Å². The molecule has 2 amide bonds. The highest BCUT2D eigenvalue weighted by molar-refractivity contribution is 6.45. The van der Waals surface area contributed by atoms with Gasteiger partial charge in [-0.1, -0.05) is 54.1 Å². The molecule has 3 aliphatic rings. The molecular formula is C26H26ClN3O3. The van der Waals surface area contributed by atoms with E-state index in [0.717, 1.165) is 11.1 Å². The average molecular weight is 464 g/mol. The summed E-state index contributed by atoms with van der Waals surface area (Å²) in [5, 5.41) is 6.68. The largest absolute Gasteiger partial charge is 0.331 e. The van der Waals surface area contributed by atoms with Crippen molar-refractivity contribution in [2.24, 2.45) is 15.9 Å². The van der Waals surface area contributed by atoms with Gasteiger partial charge in [0.2, 0.25) is 5.78 Å². The van der Waals surface area contributed by atoms with E-state index in [2.05, 4.69) is 5.10 Å². The van der Waals surface area contributed by atoms with Gasteiger partial charge in [-0.3, -0.25) is 14.4 Å². The van der Waals surface area contributed by atoms with E-state index in [-0.39, 0.29) is 12.5 Å². The zero-order valence-electron chi connectivity index (χ0n) is 19.1. The van der Waals surface area contributed by atoms with Crippen molar-refractivity contribution in [1.82, 2.24) is 9.91 Å². The number of hydrazone groups is 1. The molecule has 2 aromatic rings. The van der Waals surface area contributed by atoms with Crippen LogP contribution in [0.5, 0.6) is 0 Å². The van der Waals surface area contributed by atoms with Crippen LogP contribution in [0, 0.1) is 10.8 Å². The van der Waals surface area contributed by atoms with E-state index in [1.165, 1.54) is 5.01 Å². The Kier molecular flexibility index (Phi) is 4.63. The van der Waals surface area contributed by atoms with E-state index < -0.39 is 34.0 Å². The lowest BCUT2D eigenvalue weighted by atomic mass is 9.86. The Morgan fingerprint density at radius 1 is 1.03 bits per heavy atom. The van der Waals surface area contributed by atoms with Gasteiger partial charge >= 0.3 is 0 Å². The van der Waals surface area contributed by atoms with E-state index >= 15 is 0 Å². The molecule has 1 aliphatic carbocycles. The quantitative estimate of drug-likeness (QED) is 0.645. The fourth-order valence-corrected chi connectivity index (χ4v) is 5.98. The zero-order chi connectivity index (χ0) is 23.8. The Morgan fingerprint density at radius 3 is 2.24 bits per heavy atom. The van der Waals surface area contributed by atoms with Crippen LogP contribution in [-0.2, 0) is 20.9 Å². The number of likely N-dealkylation sites (tertiary alicyclic amines) is 1. The summed E-state index contributed by atoms with van der Waals surface area (Å²) in [6.45, 7) is 8.05. The normalized spacial score (nSPS) is 28.9. The summed E-state index contributed by atoms with van der Waals surface area (Å²) >= 11 is 6.12. The lowest BCUT2D eigenvalue weighted by Gasteiger charge is -2.29. The SMILES string of the molecule is CC1=NN(C(C)(C)C)C(=O)C12[C@@H](c1ccc(Cl)cc1)C21CN(Cc2ccccc2)C(=O)C1=O. The first kappa shape index (κ1) is 21.8. The lowest BCUT2D eigenvalue weighted by Crippen LogP contribution is -2.44. The predicted molar refractivity (Wildman–Crippen MR) is 126 cm³/mol. The number of Topliss-reactive ketones (excluding diaryl/α,β-unsaturated/α-hetero) is 1. The number of benzene rings is 2.